The van der Waals surface area contributed by atoms with Crippen LogP contribution < -0.4 is 21.4 Å². The van der Waals surface area contributed by atoms with E-state index in [0.717, 1.165) is 11.1 Å². The number of imide groups is 2. The van der Waals surface area contributed by atoms with Gasteiger partial charge >= 0.3 is 23.9 Å². The number of benzene rings is 1. The number of rotatable bonds is 18. The Balaban J connectivity index is 1.17. The summed E-state index contributed by atoms with van der Waals surface area (Å²) in [5, 5.41) is 29.8. The molecule has 326 valence electrons. The van der Waals surface area contributed by atoms with E-state index in [1.165, 1.54) is 42.6 Å². The van der Waals surface area contributed by atoms with Gasteiger partial charge in [0.15, 0.2) is 0 Å². The van der Waals surface area contributed by atoms with E-state index >= 15 is 0 Å². The number of nitrogens with one attached hydrogen (secondary N) is 4. The summed E-state index contributed by atoms with van der Waals surface area (Å²) in [5.41, 5.74) is 3.11. The SMILES string of the molecule is O=C(O)CNC(=O)C(CC(=O)ON1C(=O)CCC1=O)NC(=O)C1CCCN1C(=O)C(CC(=O)O)NC(=O)c1ccc(N/N=C/c2ccc(C(=O)ON3C(=O)CCC3=O)cc2)nc1. The van der Waals surface area contributed by atoms with Gasteiger partial charge in [-0.3, -0.25) is 53.4 Å². The van der Waals surface area contributed by atoms with Gasteiger partial charge in [-0.1, -0.05) is 12.1 Å². The number of aliphatic carboxylic acids is 2. The van der Waals surface area contributed by atoms with Crippen LogP contribution in [0.4, 0.5) is 5.82 Å². The first-order chi connectivity index (χ1) is 29.5. The Labute approximate surface area is 348 Å². The smallest absolute Gasteiger partial charge is 0.363 e. The van der Waals surface area contributed by atoms with Crippen molar-refractivity contribution >= 4 is 83.2 Å². The first-order valence-electron chi connectivity index (χ1n) is 18.6. The van der Waals surface area contributed by atoms with E-state index in [1.807, 2.05) is 5.32 Å². The molecule has 3 atom stereocenters. The fraction of sp³-hybridized carbons (Fsp3) is 0.351. The molecule has 0 bridgehead atoms. The zero-order chi connectivity index (χ0) is 45.1. The van der Waals surface area contributed by atoms with Crippen molar-refractivity contribution in [3.63, 3.8) is 0 Å². The summed E-state index contributed by atoms with van der Waals surface area (Å²) in [5.74, 6) is -11.9. The van der Waals surface area contributed by atoms with E-state index in [2.05, 4.69) is 26.1 Å². The van der Waals surface area contributed by atoms with Crippen LogP contribution in [0.5, 0.6) is 0 Å². The normalized spacial score (nSPS) is 17.1. The number of pyridine rings is 1. The second-order valence-electron chi connectivity index (χ2n) is 13.6. The van der Waals surface area contributed by atoms with Gasteiger partial charge in [0.05, 0.1) is 30.2 Å². The third-order valence-electron chi connectivity index (χ3n) is 9.18. The van der Waals surface area contributed by atoms with Gasteiger partial charge in [-0.25, -0.2) is 14.6 Å². The fourth-order valence-corrected chi connectivity index (χ4v) is 6.11. The van der Waals surface area contributed by atoms with Crippen LogP contribution in [0.15, 0.2) is 47.7 Å². The van der Waals surface area contributed by atoms with Crippen molar-refractivity contribution in [2.75, 3.05) is 18.5 Å². The minimum atomic E-state index is -1.81. The first kappa shape index (κ1) is 45.0. The van der Waals surface area contributed by atoms with Crippen LogP contribution in [0.3, 0.4) is 0 Å². The molecule has 25 heteroatoms. The Hall–Kier alpha value is -8.12. The van der Waals surface area contributed by atoms with Crippen LogP contribution in [0.1, 0.15) is 77.6 Å². The highest BCUT2D eigenvalue weighted by molar-refractivity contribution is 6.04. The third kappa shape index (κ3) is 11.8. The number of carbonyl (C=O) groups is 12. The Kier molecular flexibility index (Phi) is 14.7. The van der Waals surface area contributed by atoms with Gasteiger partial charge in [-0.15, -0.1) is 10.1 Å². The lowest BCUT2D eigenvalue weighted by molar-refractivity contribution is -0.197. The molecule has 8 amide bonds. The van der Waals surface area contributed by atoms with Crippen LogP contribution in [-0.2, 0) is 57.6 Å². The summed E-state index contributed by atoms with van der Waals surface area (Å²) in [6.45, 7) is -0.992. The van der Waals surface area contributed by atoms with Crippen LogP contribution >= 0.6 is 0 Å². The number of carbonyl (C=O) groups excluding carboxylic acids is 10. The summed E-state index contributed by atoms with van der Waals surface area (Å²) < 4.78 is 0. The molecule has 3 saturated heterocycles. The van der Waals surface area contributed by atoms with E-state index in [1.54, 1.807) is 0 Å². The van der Waals surface area contributed by atoms with Gasteiger partial charge in [0.2, 0.25) is 17.7 Å². The zero-order valence-electron chi connectivity index (χ0n) is 32.3. The largest absolute Gasteiger partial charge is 0.481 e. The van der Waals surface area contributed by atoms with Gasteiger partial charge < -0.3 is 40.7 Å². The number of hydrogen-bond acceptors (Lipinski definition) is 17. The quantitative estimate of drug-likeness (QED) is 0.0536. The number of carboxylic acid groups (broad SMARTS) is 2. The Morgan fingerprint density at radius 1 is 0.774 bits per heavy atom. The molecule has 0 radical (unpaired) electrons. The number of likely N-dealkylation sites (tertiary alicyclic amines) is 1. The molecule has 3 aliphatic rings. The number of nitrogens with zero attached hydrogens (tertiary/aromatic N) is 5. The maximum Gasteiger partial charge on any atom is 0.363 e. The highest BCUT2D eigenvalue weighted by Crippen LogP contribution is 2.21. The molecule has 0 saturated carbocycles. The Bertz CT molecular complexity index is 2180. The van der Waals surface area contributed by atoms with Gasteiger partial charge in [-0.2, -0.15) is 5.10 Å². The van der Waals surface area contributed by atoms with Crippen LogP contribution in [0.25, 0.3) is 0 Å². The van der Waals surface area contributed by atoms with Crippen molar-refractivity contribution in [3.05, 3.63) is 59.3 Å². The molecule has 3 fully saturated rings. The maximum atomic E-state index is 13.7. The molecule has 62 heavy (non-hydrogen) atoms. The van der Waals surface area contributed by atoms with E-state index in [9.17, 15) is 62.6 Å². The third-order valence-corrected chi connectivity index (χ3v) is 9.18. The van der Waals surface area contributed by atoms with E-state index in [-0.39, 0.29) is 67.1 Å². The molecule has 5 rings (SSSR count). The molecular formula is C37H37N9O16. The zero-order valence-corrected chi connectivity index (χ0v) is 32.3. The molecule has 1 aromatic heterocycles. The van der Waals surface area contributed by atoms with E-state index in [0.29, 0.717) is 10.6 Å². The molecule has 0 aliphatic carbocycles. The fourth-order valence-electron chi connectivity index (χ4n) is 6.11. The summed E-state index contributed by atoms with van der Waals surface area (Å²) >= 11 is 0. The topological polar surface area (TPSA) is 347 Å². The highest BCUT2D eigenvalue weighted by Gasteiger charge is 2.41. The second-order valence-corrected chi connectivity index (χ2v) is 13.6. The Morgan fingerprint density at radius 3 is 1.97 bits per heavy atom. The standard InChI is InChI=1S/C37H37N9O16/c47-26-9-10-27(48)45(26)61-32(55)15-22(34(57)39-18-31(53)54)41-35(58)24-2-1-13-44(24)36(59)23(14-30(51)52)42-33(56)21-7-8-25(38-17-21)43-40-16-19-3-5-20(6-4-19)37(60)62-46-28(49)11-12-29(46)50/h3-8,16-17,22-24H,1-2,9-15,18H2,(H,38,43)(H,39,57)(H,41,58)(H,42,56)(H,51,52)(H,53,54)/b40-16+. The minimum absolute atomic E-state index is 0.00200. The molecule has 2 aromatic rings. The van der Waals surface area contributed by atoms with Crippen molar-refractivity contribution in [3.8, 4) is 0 Å². The predicted octanol–water partition coefficient (Wildman–Crippen LogP) is -2.00. The number of hydroxylamine groups is 4. The summed E-state index contributed by atoms with van der Waals surface area (Å²) in [6, 6.07) is 3.58. The van der Waals surface area contributed by atoms with Crippen molar-refractivity contribution in [2.45, 2.75) is 69.5 Å². The highest BCUT2D eigenvalue weighted by atomic mass is 16.7. The molecule has 3 aliphatic heterocycles. The average Bonchev–Trinajstić information content (AvgIpc) is 3.95. The maximum absolute atomic E-state index is 13.7. The van der Waals surface area contributed by atoms with E-state index < -0.39 is 109 Å². The van der Waals surface area contributed by atoms with Crippen molar-refractivity contribution in [2.24, 2.45) is 5.10 Å². The van der Waals surface area contributed by atoms with Gasteiger partial charge in [-0.05, 0) is 42.7 Å². The number of anilines is 1. The number of carboxylic acids is 2. The molecule has 25 nitrogen and oxygen atoms in total. The number of aromatic nitrogens is 1. The lowest BCUT2D eigenvalue weighted by Gasteiger charge is -2.29. The summed E-state index contributed by atoms with van der Waals surface area (Å²) in [4.78, 5) is 163. The van der Waals surface area contributed by atoms with Gasteiger partial charge in [0.1, 0.15) is 30.5 Å². The second kappa shape index (κ2) is 20.2. The van der Waals surface area contributed by atoms with Gasteiger partial charge in [0, 0.05) is 38.4 Å². The molecule has 1 aromatic carbocycles. The van der Waals surface area contributed by atoms with Crippen molar-refractivity contribution < 1.29 is 77.4 Å². The number of amides is 8. The predicted molar refractivity (Wildman–Crippen MR) is 201 cm³/mol. The lowest BCUT2D eigenvalue weighted by atomic mass is 10.1. The summed E-state index contributed by atoms with van der Waals surface area (Å²) in [7, 11) is 0. The molecule has 0 spiro atoms. The molecule has 3 unspecified atom stereocenters. The van der Waals surface area contributed by atoms with E-state index in [4.69, 9.17) is 14.8 Å². The van der Waals surface area contributed by atoms with Crippen LogP contribution in [-0.4, -0.2) is 139 Å². The van der Waals surface area contributed by atoms with Gasteiger partial charge in [0.25, 0.3) is 29.5 Å². The number of hydrazone groups is 1. The lowest BCUT2D eigenvalue weighted by Crippen LogP contribution is -2.57. The Morgan fingerprint density at radius 2 is 1.39 bits per heavy atom. The first-order valence-corrected chi connectivity index (χ1v) is 18.6. The molecule has 6 N–H and O–H groups in total. The monoisotopic (exact) mass is 863 g/mol. The minimum Gasteiger partial charge on any atom is -0.481 e. The van der Waals surface area contributed by atoms with Crippen LogP contribution in [0, 0.1) is 0 Å². The van der Waals surface area contributed by atoms with Crippen molar-refractivity contribution in [1.29, 1.82) is 0 Å². The number of hydrogen-bond donors (Lipinski definition) is 6. The molecular weight excluding hydrogens is 826 g/mol. The molecule has 4 heterocycles. The van der Waals surface area contributed by atoms with Crippen molar-refractivity contribution in [1.82, 2.24) is 36.0 Å². The van der Waals surface area contributed by atoms with Crippen LogP contribution in [0.2, 0.25) is 0 Å². The average molecular weight is 864 g/mol. The summed E-state index contributed by atoms with van der Waals surface area (Å²) in [6.07, 6.45) is 0.278.